The fraction of sp³-hybridized carbons (Fsp3) is 1.00. The van der Waals surface area contributed by atoms with Gasteiger partial charge in [0.1, 0.15) is 0 Å². The number of nitrogens with zero attached hydrogens (tertiary/aromatic N) is 1. The molecule has 0 fully saturated rings. The first kappa shape index (κ1) is 28.7. The molecule has 0 saturated heterocycles. The van der Waals surface area contributed by atoms with Crippen LogP contribution < -0.4 is 0 Å². The smallest absolute Gasteiger partial charge is 0.389 e. The van der Waals surface area contributed by atoms with Gasteiger partial charge in [-0.05, 0) is 40.5 Å². The zero-order valence-corrected chi connectivity index (χ0v) is 17.6. The van der Waals surface area contributed by atoms with Gasteiger partial charge in [-0.25, -0.2) is 8.42 Å². The third-order valence-electron chi connectivity index (χ3n) is 4.98. The normalized spacial score (nSPS) is 13.3. The lowest BCUT2D eigenvalue weighted by atomic mass is 10.1. The molecule has 0 aliphatic carbocycles. The summed E-state index contributed by atoms with van der Waals surface area (Å²) in [5.74, 6) is 0. The summed E-state index contributed by atoms with van der Waals surface area (Å²) in [4.78, 5) is 0. The topological polar surface area (TPSA) is 57.2 Å². The van der Waals surface area contributed by atoms with Crippen LogP contribution in [0.2, 0.25) is 0 Å². The third kappa shape index (κ3) is 13.3. The number of hydrogen-bond acceptors (Lipinski definition) is 3. The van der Waals surface area contributed by atoms with Gasteiger partial charge in [0.05, 0.1) is 26.2 Å². The Hall–Kier alpha value is -0.480. The van der Waals surface area contributed by atoms with Crippen molar-refractivity contribution in [2.45, 2.75) is 84.1 Å². The minimum Gasteiger partial charge on any atom is -0.743 e. The van der Waals surface area contributed by atoms with Gasteiger partial charge < -0.3 is 9.04 Å². The molecule has 0 aliphatic rings. The Morgan fingerprint density at radius 3 is 1.30 bits per heavy atom. The Morgan fingerprint density at radius 1 is 0.704 bits per heavy atom. The summed E-state index contributed by atoms with van der Waals surface area (Å²) in [5.41, 5.74) is 0. The molecule has 0 atom stereocenters. The second kappa shape index (κ2) is 12.9. The maximum absolute atomic E-state index is 12.6. The lowest BCUT2D eigenvalue weighted by molar-refractivity contribution is -0.921. The molecule has 0 aromatic rings. The Labute approximate surface area is 160 Å². The predicted octanol–water partition coefficient (Wildman–Crippen LogP) is 5.30. The van der Waals surface area contributed by atoms with E-state index >= 15 is 0 Å². The number of hydrogen-bond donors (Lipinski definition) is 0. The van der Waals surface area contributed by atoms with Gasteiger partial charge in [-0.15, -0.1) is 0 Å². The number of unbranched alkanes of at least 4 members (excludes halogenated alkanes) is 4. The van der Waals surface area contributed by atoms with E-state index in [9.17, 15) is 34.9 Å². The van der Waals surface area contributed by atoms with E-state index in [1.54, 1.807) is 0 Å². The van der Waals surface area contributed by atoms with Gasteiger partial charge in [-0.1, -0.05) is 19.3 Å². The molecule has 0 spiro atoms. The summed E-state index contributed by atoms with van der Waals surface area (Å²) in [6.07, 6.45) is -5.82. The average molecular weight is 428 g/mol. The van der Waals surface area contributed by atoms with Gasteiger partial charge in [-0.3, -0.25) is 0 Å². The van der Waals surface area contributed by atoms with Crippen LogP contribution in [0.1, 0.15) is 72.6 Å². The van der Waals surface area contributed by atoms with Crippen molar-refractivity contribution in [1.29, 1.82) is 0 Å². The maximum Gasteiger partial charge on any atom is 0.389 e. The fourth-order valence-corrected chi connectivity index (χ4v) is 3.05. The van der Waals surface area contributed by atoms with Crippen LogP contribution in [0.15, 0.2) is 0 Å². The van der Waals surface area contributed by atoms with Crippen molar-refractivity contribution >= 4 is 10.1 Å². The molecule has 0 unspecified atom stereocenters. The molecule has 0 amide bonds. The summed E-state index contributed by atoms with van der Waals surface area (Å²) in [5, 5.41) is -4.29. The molecule has 0 saturated carbocycles. The summed E-state index contributed by atoms with van der Waals surface area (Å²) in [6.45, 7) is 14.2. The predicted molar refractivity (Wildman–Crippen MR) is 95.4 cm³/mol. The molecule has 4 nitrogen and oxygen atoms in total. The zero-order valence-electron chi connectivity index (χ0n) is 16.7. The van der Waals surface area contributed by atoms with E-state index in [0.29, 0.717) is 6.42 Å². The van der Waals surface area contributed by atoms with E-state index < -0.39 is 34.4 Å². The molecule has 10 heteroatoms. The van der Waals surface area contributed by atoms with Crippen molar-refractivity contribution in [1.82, 2.24) is 0 Å². The number of halogens is 5. The molecule has 0 aromatic heterocycles. The number of rotatable bonds is 12. The summed E-state index contributed by atoms with van der Waals surface area (Å²) >= 11 is 0. The molecule has 27 heavy (non-hydrogen) atoms. The lowest BCUT2D eigenvalue weighted by Gasteiger charge is -2.34. The van der Waals surface area contributed by atoms with Gasteiger partial charge in [0.15, 0.2) is 10.1 Å². The van der Waals surface area contributed by atoms with Crippen LogP contribution in [0, 0.1) is 0 Å². The summed E-state index contributed by atoms with van der Waals surface area (Å²) in [6, 6.07) is 0. The SMILES string of the molecule is CC[N+](CC)(CC)CC.O=S(=O)([O-])C(F)(F)CCCCCCCC(F)(F)F. The van der Waals surface area contributed by atoms with Crippen molar-refractivity contribution in [3.05, 3.63) is 0 Å². The second-order valence-corrected chi connectivity index (χ2v) is 8.09. The van der Waals surface area contributed by atoms with E-state index in [-0.39, 0.29) is 25.7 Å². The van der Waals surface area contributed by atoms with Crippen LogP contribution >= 0.6 is 0 Å². The van der Waals surface area contributed by atoms with E-state index in [1.807, 2.05) is 0 Å². The Morgan fingerprint density at radius 2 is 1.04 bits per heavy atom. The molecule has 0 radical (unpaired) electrons. The second-order valence-electron chi connectivity index (χ2n) is 6.58. The van der Waals surface area contributed by atoms with Crippen LogP contribution in [-0.4, -0.2) is 55.1 Å². The van der Waals surface area contributed by atoms with Crippen LogP contribution in [0.4, 0.5) is 22.0 Å². The average Bonchev–Trinajstić information content (AvgIpc) is 2.55. The highest BCUT2D eigenvalue weighted by Crippen LogP contribution is 2.28. The molecule has 0 aromatic carbocycles. The van der Waals surface area contributed by atoms with Crippen molar-refractivity contribution in [2.75, 3.05) is 26.2 Å². The van der Waals surface area contributed by atoms with Crippen molar-refractivity contribution in [3.8, 4) is 0 Å². The Bertz CT molecular complexity index is 460. The molecular formula is C17H34F5NO3S. The van der Waals surface area contributed by atoms with Crippen LogP contribution in [0.25, 0.3) is 0 Å². The van der Waals surface area contributed by atoms with Crippen LogP contribution in [-0.2, 0) is 10.1 Å². The van der Waals surface area contributed by atoms with E-state index in [1.165, 1.54) is 30.7 Å². The third-order valence-corrected chi connectivity index (χ3v) is 5.91. The first-order valence-electron chi connectivity index (χ1n) is 9.45. The highest BCUT2D eigenvalue weighted by atomic mass is 32.2. The van der Waals surface area contributed by atoms with Crippen LogP contribution in [0.5, 0.6) is 0 Å². The Balaban J connectivity index is 0. The number of quaternary nitrogens is 1. The van der Waals surface area contributed by atoms with E-state index in [2.05, 4.69) is 27.7 Å². The van der Waals surface area contributed by atoms with Gasteiger partial charge in [0.2, 0.25) is 0 Å². The quantitative estimate of drug-likeness (QED) is 0.184. The molecule has 0 rings (SSSR count). The first-order chi connectivity index (χ1) is 12.2. The molecule has 0 aliphatic heterocycles. The largest absolute Gasteiger partial charge is 0.743 e. The number of alkyl halides is 5. The van der Waals surface area contributed by atoms with Crippen molar-refractivity contribution in [2.24, 2.45) is 0 Å². The highest BCUT2D eigenvalue weighted by Gasteiger charge is 2.36. The first-order valence-corrected chi connectivity index (χ1v) is 10.9. The van der Waals surface area contributed by atoms with E-state index in [4.69, 9.17) is 0 Å². The highest BCUT2D eigenvalue weighted by molar-refractivity contribution is 7.86. The zero-order chi connectivity index (χ0) is 21.8. The lowest BCUT2D eigenvalue weighted by Crippen LogP contribution is -2.47. The summed E-state index contributed by atoms with van der Waals surface area (Å²) in [7, 11) is -5.65. The standard InChI is InChI=1S/C9H15F5O3S.C8H20N/c10-8(11,12)6-4-2-1-3-5-7-9(13,14)18(15,16)17;1-5-9(6-2,7-3)8-4/h1-7H2,(H,15,16,17);5-8H2,1-4H3/q;+1/p-1. The molecule has 0 heterocycles. The molecular weight excluding hydrogens is 393 g/mol. The Kier molecular flexibility index (Phi) is 13.7. The fourth-order valence-electron chi connectivity index (χ4n) is 2.65. The van der Waals surface area contributed by atoms with Gasteiger partial charge in [0.25, 0.3) is 0 Å². The van der Waals surface area contributed by atoms with Crippen LogP contribution in [0.3, 0.4) is 0 Å². The minimum absolute atomic E-state index is 0.0836. The van der Waals surface area contributed by atoms with Gasteiger partial charge in [0, 0.05) is 12.8 Å². The van der Waals surface area contributed by atoms with Gasteiger partial charge in [-0.2, -0.15) is 22.0 Å². The van der Waals surface area contributed by atoms with Gasteiger partial charge >= 0.3 is 11.4 Å². The summed E-state index contributed by atoms with van der Waals surface area (Å²) < 4.78 is 92.0. The van der Waals surface area contributed by atoms with Crippen molar-refractivity contribution < 1.29 is 39.4 Å². The van der Waals surface area contributed by atoms with E-state index in [0.717, 1.165) is 0 Å². The molecule has 166 valence electrons. The monoisotopic (exact) mass is 427 g/mol. The maximum atomic E-state index is 12.6. The molecule has 0 bridgehead atoms. The van der Waals surface area contributed by atoms with Crippen molar-refractivity contribution in [3.63, 3.8) is 0 Å². The molecule has 0 N–H and O–H groups in total. The minimum atomic E-state index is -5.65.